The summed E-state index contributed by atoms with van der Waals surface area (Å²) >= 11 is 0. The number of methoxy groups -OCH3 is 2. The number of non-ortho nitro benzene ring substituents is 1. The molecule has 10 heteroatoms. The van der Waals surface area contributed by atoms with E-state index in [0.717, 1.165) is 5.56 Å². The average Bonchev–Trinajstić information content (AvgIpc) is 3.15. The summed E-state index contributed by atoms with van der Waals surface area (Å²) in [6.07, 6.45) is -2.12. The number of para-hydroxylation sites is 1. The van der Waals surface area contributed by atoms with Gasteiger partial charge < -0.3 is 29.3 Å². The van der Waals surface area contributed by atoms with Crippen LogP contribution in [-0.2, 0) is 20.7 Å². The number of carboxylic acids is 1. The number of aliphatic hydroxyl groups excluding tert-OH is 1. The third kappa shape index (κ3) is 3.27. The highest BCUT2D eigenvalue weighted by Crippen LogP contribution is 2.50. The van der Waals surface area contributed by atoms with E-state index in [4.69, 9.17) is 14.2 Å². The van der Waals surface area contributed by atoms with E-state index in [9.17, 15) is 25.1 Å². The van der Waals surface area contributed by atoms with Gasteiger partial charge in [-0.1, -0.05) is 18.2 Å². The molecule has 0 radical (unpaired) electrons. The van der Waals surface area contributed by atoms with Crippen LogP contribution in [0.4, 0.5) is 11.4 Å². The number of nitrogens with zero attached hydrogens (tertiary/aromatic N) is 2. The molecular formula is C22H24N2O8. The molecule has 2 N–H and O–H groups in total. The van der Waals surface area contributed by atoms with E-state index in [2.05, 4.69) is 0 Å². The quantitative estimate of drug-likeness (QED) is 0.391. The zero-order chi connectivity index (χ0) is 23.2. The van der Waals surface area contributed by atoms with Crippen molar-refractivity contribution in [1.29, 1.82) is 0 Å². The summed E-state index contributed by atoms with van der Waals surface area (Å²) in [6, 6.07) is 9.32. The Morgan fingerprint density at radius 3 is 2.59 bits per heavy atom. The third-order valence-corrected chi connectivity index (χ3v) is 6.24. The van der Waals surface area contributed by atoms with Gasteiger partial charge in [0, 0.05) is 44.0 Å². The largest absolute Gasteiger partial charge is 0.480 e. The fraction of sp³-hybridized carbons (Fsp3) is 0.409. The van der Waals surface area contributed by atoms with Crippen LogP contribution in [0.5, 0.6) is 5.75 Å². The number of aliphatic carboxylic acids is 1. The number of fused-ring (bicyclic) bond motifs is 2. The van der Waals surface area contributed by atoms with Gasteiger partial charge in [0.05, 0.1) is 11.0 Å². The minimum atomic E-state index is -1.43. The number of carbonyl (C=O) groups is 1. The molecule has 2 aliphatic heterocycles. The van der Waals surface area contributed by atoms with Crippen LogP contribution in [0.3, 0.4) is 0 Å². The zero-order valence-electron chi connectivity index (χ0n) is 17.8. The number of nitro benzene ring substituents is 1. The first-order valence-corrected chi connectivity index (χ1v) is 10.0. The summed E-state index contributed by atoms with van der Waals surface area (Å²) in [6.45, 7) is 1.60. The second-order valence-electron chi connectivity index (χ2n) is 8.05. The summed E-state index contributed by atoms with van der Waals surface area (Å²) in [5, 5.41) is 33.0. The van der Waals surface area contributed by atoms with Crippen LogP contribution in [0.15, 0.2) is 42.5 Å². The molecule has 0 spiro atoms. The van der Waals surface area contributed by atoms with Gasteiger partial charge in [0.1, 0.15) is 17.9 Å². The summed E-state index contributed by atoms with van der Waals surface area (Å²) in [5.74, 6) is -0.787. The standard InChI is InChI=1S/C22H24N2O8/c1-22(21(30-2)31-3)19(25)18(14-11-13(24(28)29)8-9-17(14)32-22)23-15-7-5-4-6-12(15)10-16(23)20(26)27/h4-9,11,16,18-19,21,25H,10H2,1-3H3,(H,26,27)/t16-,18+,19-,22-/m0/s1. The Bertz CT molecular complexity index is 1060. The van der Waals surface area contributed by atoms with E-state index in [1.165, 1.54) is 32.4 Å². The fourth-order valence-corrected chi connectivity index (χ4v) is 4.77. The number of benzene rings is 2. The van der Waals surface area contributed by atoms with E-state index >= 15 is 0 Å². The number of hydrogen-bond acceptors (Lipinski definition) is 8. The summed E-state index contributed by atoms with van der Waals surface area (Å²) in [5.41, 5.74) is 0.137. The van der Waals surface area contributed by atoms with Crippen LogP contribution in [0, 0.1) is 10.1 Å². The van der Waals surface area contributed by atoms with Crippen molar-refractivity contribution in [2.75, 3.05) is 19.1 Å². The maximum absolute atomic E-state index is 12.2. The number of anilines is 1. The Labute approximate surface area is 184 Å². The van der Waals surface area contributed by atoms with Crippen molar-refractivity contribution >= 4 is 17.3 Å². The molecule has 0 amide bonds. The van der Waals surface area contributed by atoms with Gasteiger partial charge in [-0.2, -0.15) is 0 Å². The van der Waals surface area contributed by atoms with E-state index in [1.807, 2.05) is 12.1 Å². The van der Waals surface area contributed by atoms with Gasteiger partial charge in [-0.05, 0) is 24.6 Å². The van der Waals surface area contributed by atoms with Crippen molar-refractivity contribution in [3.63, 3.8) is 0 Å². The molecule has 2 heterocycles. The molecule has 32 heavy (non-hydrogen) atoms. The molecule has 0 fully saturated rings. The first-order chi connectivity index (χ1) is 15.2. The molecule has 2 aliphatic rings. The van der Waals surface area contributed by atoms with Crippen LogP contribution in [0.1, 0.15) is 24.1 Å². The Hall–Kier alpha value is -3.21. The number of rotatable bonds is 6. The maximum Gasteiger partial charge on any atom is 0.326 e. The van der Waals surface area contributed by atoms with Gasteiger partial charge in [0.25, 0.3) is 5.69 Å². The minimum Gasteiger partial charge on any atom is -0.480 e. The molecule has 0 saturated heterocycles. The lowest BCUT2D eigenvalue weighted by Gasteiger charge is -2.50. The van der Waals surface area contributed by atoms with Gasteiger partial charge in [-0.15, -0.1) is 0 Å². The van der Waals surface area contributed by atoms with Crippen LogP contribution >= 0.6 is 0 Å². The number of carboxylic acid groups (broad SMARTS) is 1. The molecule has 10 nitrogen and oxygen atoms in total. The molecule has 0 unspecified atom stereocenters. The van der Waals surface area contributed by atoms with E-state index in [-0.39, 0.29) is 17.9 Å². The van der Waals surface area contributed by atoms with E-state index < -0.39 is 41.0 Å². The Balaban J connectivity index is 1.95. The highest BCUT2D eigenvalue weighted by Gasteiger charge is 2.56. The average molecular weight is 444 g/mol. The highest BCUT2D eigenvalue weighted by atomic mass is 16.7. The van der Waals surface area contributed by atoms with Crippen LogP contribution in [0.25, 0.3) is 0 Å². The van der Waals surface area contributed by atoms with Gasteiger partial charge >= 0.3 is 5.97 Å². The fourth-order valence-electron chi connectivity index (χ4n) is 4.77. The summed E-state index contributed by atoms with van der Waals surface area (Å²) in [4.78, 5) is 24.7. The lowest BCUT2D eigenvalue weighted by atomic mass is 9.83. The third-order valence-electron chi connectivity index (χ3n) is 6.24. The number of aliphatic hydroxyl groups is 1. The molecule has 4 rings (SSSR count). The predicted octanol–water partition coefficient (Wildman–Crippen LogP) is 2.28. The molecule has 0 aromatic heterocycles. The number of hydrogen-bond donors (Lipinski definition) is 2. The van der Waals surface area contributed by atoms with E-state index in [1.54, 1.807) is 24.0 Å². The van der Waals surface area contributed by atoms with E-state index in [0.29, 0.717) is 11.3 Å². The first kappa shape index (κ1) is 22.0. The Kier molecular flexibility index (Phi) is 5.53. The molecule has 2 aromatic rings. The number of ether oxygens (including phenoxy) is 3. The number of nitro groups is 1. The highest BCUT2D eigenvalue weighted by molar-refractivity contribution is 5.83. The van der Waals surface area contributed by atoms with Crippen molar-refractivity contribution in [3.8, 4) is 5.75 Å². The summed E-state index contributed by atoms with van der Waals surface area (Å²) < 4.78 is 16.9. The molecule has 2 aromatic carbocycles. The first-order valence-electron chi connectivity index (χ1n) is 10.0. The minimum absolute atomic E-state index is 0.192. The smallest absolute Gasteiger partial charge is 0.326 e. The van der Waals surface area contributed by atoms with Crippen LogP contribution < -0.4 is 9.64 Å². The van der Waals surface area contributed by atoms with Crippen LogP contribution in [0.2, 0.25) is 0 Å². The Morgan fingerprint density at radius 1 is 1.28 bits per heavy atom. The van der Waals surface area contributed by atoms with Crippen molar-refractivity contribution < 1.29 is 34.1 Å². The predicted molar refractivity (Wildman–Crippen MR) is 113 cm³/mol. The normalized spacial score (nSPS) is 26.4. The molecule has 0 aliphatic carbocycles. The van der Waals surface area contributed by atoms with Gasteiger partial charge in [0.2, 0.25) is 0 Å². The second kappa shape index (κ2) is 8.05. The molecular weight excluding hydrogens is 420 g/mol. The summed E-state index contributed by atoms with van der Waals surface area (Å²) in [7, 11) is 2.81. The second-order valence-corrected chi connectivity index (χ2v) is 8.05. The van der Waals surface area contributed by atoms with Gasteiger partial charge in [0.15, 0.2) is 11.9 Å². The molecule has 0 saturated carbocycles. The molecule has 4 atom stereocenters. The van der Waals surface area contributed by atoms with Crippen molar-refractivity contribution in [2.45, 2.75) is 43.4 Å². The molecule has 0 bridgehead atoms. The van der Waals surface area contributed by atoms with Gasteiger partial charge in [-0.25, -0.2) is 4.79 Å². The SMILES string of the molecule is COC(OC)[C@@]1(C)Oc2ccc([N+](=O)[O-])cc2[C@@H](N2c3ccccc3C[C@H]2C(=O)O)[C@@H]1O. The zero-order valence-corrected chi connectivity index (χ0v) is 17.8. The van der Waals surface area contributed by atoms with Crippen molar-refractivity contribution in [3.05, 3.63) is 63.7 Å². The lowest BCUT2D eigenvalue weighted by Crippen LogP contribution is -2.63. The monoisotopic (exact) mass is 444 g/mol. The van der Waals surface area contributed by atoms with Crippen LogP contribution in [-0.4, -0.2) is 59.4 Å². The Morgan fingerprint density at radius 2 is 1.97 bits per heavy atom. The maximum atomic E-state index is 12.2. The lowest BCUT2D eigenvalue weighted by molar-refractivity contribution is -0.385. The molecule has 170 valence electrons. The van der Waals surface area contributed by atoms with Crippen molar-refractivity contribution in [2.24, 2.45) is 0 Å². The van der Waals surface area contributed by atoms with Gasteiger partial charge in [-0.3, -0.25) is 10.1 Å². The van der Waals surface area contributed by atoms with Crippen molar-refractivity contribution in [1.82, 2.24) is 0 Å². The topological polar surface area (TPSA) is 132 Å².